The number of carbonyl (C=O) groups is 3. The van der Waals surface area contributed by atoms with E-state index in [9.17, 15) is 14.4 Å². The van der Waals surface area contributed by atoms with Crippen LogP contribution in [0.4, 0.5) is 0 Å². The van der Waals surface area contributed by atoms with Gasteiger partial charge in [0.25, 0.3) is 5.91 Å². The van der Waals surface area contributed by atoms with Gasteiger partial charge in [-0.05, 0) is 41.0 Å². The smallest absolute Gasteiger partial charge is 0.355 e. The zero-order chi connectivity index (χ0) is 29.8. The van der Waals surface area contributed by atoms with Gasteiger partial charge in [0.05, 0.1) is 25.6 Å². The molecule has 1 saturated heterocycles. The molecule has 2 aliphatic heterocycles. The quantitative estimate of drug-likeness (QED) is 0.219. The number of hydrogen-bond donors (Lipinski definition) is 1. The highest BCUT2D eigenvalue weighted by atomic mass is 32.2. The molecule has 218 valence electrons. The van der Waals surface area contributed by atoms with Crippen LogP contribution in [-0.4, -0.2) is 61.5 Å². The molecule has 1 N–H and O–H groups in total. The first-order valence-corrected chi connectivity index (χ1v) is 14.8. The molecule has 0 saturated carbocycles. The molecule has 2 atom stereocenters. The van der Waals surface area contributed by atoms with Crippen LogP contribution >= 0.6 is 11.8 Å². The fourth-order valence-electron chi connectivity index (χ4n) is 5.07. The summed E-state index contributed by atoms with van der Waals surface area (Å²) in [7, 11) is 1.59. The van der Waals surface area contributed by atoms with Crippen molar-refractivity contribution >= 4 is 29.5 Å². The van der Waals surface area contributed by atoms with Crippen molar-refractivity contribution in [3.63, 3.8) is 0 Å². The van der Waals surface area contributed by atoms with Gasteiger partial charge in [-0.2, -0.15) is 0 Å². The number of imidazole rings is 1. The van der Waals surface area contributed by atoms with Crippen molar-refractivity contribution in [3.8, 4) is 17.0 Å². The zero-order valence-electron chi connectivity index (χ0n) is 23.4. The van der Waals surface area contributed by atoms with Crippen LogP contribution in [0.1, 0.15) is 11.1 Å². The van der Waals surface area contributed by atoms with Gasteiger partial charge < -0.3 is 19.4 Å². The van der Waals surface area contributed by atoms with E-state index in [2.05, 4.69) is 15.3 Å². The number of hydrogen-bond acceptors (Lipinski definition) is 8. The van der Waals surface area contributed by atoms with Crippen molar-refractivity contribution in [3.05, 3.63) is 114 Å². The molecule has 4 heterocycles. The summed E-state index contributed by atoms with van der Waals surface area (Å²) in [6.07, 6.45) is 7.18. The lowest BCUT2D eigenvalue weighted by Crippen LogP contribution is -2.70. The Morgan fingerprint density at radius 2 is 1.86 bits per heavy atom. The lowest BCUT2D eigenvalue weighted by Gasteiger charge is -2.49. The molecule has 2 aliphatic rings. The van der Waals surface area contributed by atoms with Crippen molar-refractivity contribution in [2.24, 2.45) is 0 Å². The number of esters is 1. The first-order chi connectivity index (χ1) is 21.0. The summed E-state index contributed by atoms with van der Waals surface area (Å²) < 4.78 is 12.8. The molecule has 10 nitrogen and oxygen atoms in total. The maximum Gasteiger partial charge on any atom is 0.355 e. The summed E-state index contributed by atoms with van der Waals surface area (Å²) >= 11 is 1.51. The van der Waals surface area contributed by atoms with Crippen molar-refractivity contribution in [2.45, 2.75) is 31.0 Å². The second kappa shape index (κ2) is 12.5. The summed E-state index contributed by atoms with van der Waals surface area (Å²) in [6, 6.07) is 19.6. The Morgan fingerprint density at radius 1 is 1.05 bits per heavy atom. The van der Waals surface area contributed by atoms with Gasteiger partial charge >= 0.3 is 5.97 Å². The minimum atomic E-state index is -0.724. The van der Waals surface area contributed by atoms with Crippen LogP contribution in [0.15, 0.2) is 103 Å². The van der Waals surface area contributed by atoms with E-state index in [1.54, 1.807) is 38.0 Å². The number of rotatable bonds is 10. The van der Waals surface area contributed by atoms with E-state index >= 15 is 0 Å². The van der Waals surface area contributed by atoms with E-state index in [1.807, 2.05) is 65.4 Å². The van der Waals surface area contributed by atoms with E-state index in [-0.39, 0.29) is 30.5 Å². The molecule has 0 radical (unpaired) electrons. The normalized spacial score (nSPS) is 17.6. The van der Waals surface area contributed by atoms with E-state index in [1.165, 1.54) is 16.7 Å². The summed E-state index contributed by atoms with van der Waals surface area (Å²) in [5.74, 6) is 0.00183. The maximum atomic E-state index is 13.6. The SMILES string of the molecule is COc1ccc(COC(=O)C2=C(Cn3cnc(-c4cccnc4)c3)CS[C@@H]3[C@H](NC(=O)Cc4ccccc4)C(=O)N23)cc1. The molecule has 2 aromatic carbocycles. The average Bonchev–Trinajstić information content (AvgIpc) is 3.52. The van der Waals surface area contributed by atoms with E-state index in [4.69, 9.17) is 9.47 Å². The molecule has 6 rings (SSSR count). The van der Waals surface area contributed by atoms with Crippen LogP contribution in [0.3, 0.4) is 0 Å². The summed E-state index contributed by atoms with van der Waals surface area (Å²) in [4.78, 5) is 49.9. The molecule has 43 heavy (non-hydrogen) atoms. The first kappa shape index (κ1) is 28.2. The molecule has 2 amide bonds. The standard InChI is InChI=1S/C32H29N5O5S/c1-41-25-11-9-22(10-12-25)18-42-32(40)29-24(16-36-17-26(34-20-36)23-8-5-13-33-15-23)19-43-31-28(30(39)37(29)31)35-27(38)14-21-6-3-2-4-7-21/h2-13,15,17,20,28,31H,14,16,18-19H2,1H3,(H,35,38)/t28-,31-/m1/s1. The highest BCUT2D eigenvalue weighted by molar-refractivity contribution is 8.00. The number of β-lactam (4-membered cyclic amide) rings is 1. The number of pyridine rings is 1. The second-order valence-corrected chi connectivity index (χ2v) is 11.3. The molecular formula is C32H29N5O5S. The Bertz CT molecular complexity index is 1660. The Morgan fingerprint density at radius 3 is 2.60 bits per heavy atom. The minimum Gasteiger partial charge on any atom is -0.497 e. The predicted molar refractivity (Wildman–Crippen MR) is 160 cm³/mol. The van der Waals surface area contributed by atoms with E-state index in [0.717, 1.165) is 28.0 Å². The molecular weight excluding hydrogens is 566 g/mol. The zero-order valence-corrected chi connectivity index (χ0v) is 24.2. The Labute approximate surface area is 252 Å². The average molecular weight is 596 g/mol. The number of methoxy groups -OCH3 is 1. The van der Waals surface area contributed by atoms with Crippen molar-refractivity contribution in [1.29, 1.82) is 0 Å². The predicted octanol–water partition coefficient (Wildman–Crippen LogP) is 3.59. The summed E-state index contributed by atoms with van der Waals surface area (Å²) in [6.45, 7) is 0.377. The Kier molecular flexibility index (Phi) is 8.23. The van der Waals surface area contributed by atoms with Crippen molar-refractivity contribution in [2.75, 3.05) is 12.9 Å². The van der Waals surface area contributed by atoms with Gasteiger partial charge in [-0.1, -0.05) is 42.5 Å². The summed E-state index contributed by atoms with van der Waals surface area (Å²) in [5, 5.41) is 2.46. The first-order valence-electron chi connectivity index (χ1n) is 13.7. The number of benzene rings is 2. The van der Waals surface area contributed by atoms with Crippen LogP contribution in [0.5, 0.6) is 5.75 Å². The molecule has 0 unspecified atom stereocenters. The topological polar surface area (TPSA) is 116 Å². The minimum absolute atomic E-state index is 0.0346. The maximum absolute atomic E-state index is 13.6. The van der Waals surface area contributed by atoms with Crippen LogP contribution < -0.4 is 10.1 Å². The molecule has 11 heteroatoms. The van der Waals surface area contributed by atoms with E-state index < -0.39 is 17.4 Å². The third kappa shape index (κ3) is 6.17. The number of nitrogens with one attached hydrogen (secondary N) is 1. The van der Waals surface area contributed by atoms with Crippen molar-refractivity contribution < 1.29 is 23.9 Å². The number of thioether (sulfide) groups is 1. The molecule has 2 aromatic heterocycles. The number of nitrogens with zero attached hydrogens (tertiary/aromatic N) is 4. The molecule has 1 fully saturated rings. The molecule has 0 spiro atoms. The number of ether oxygens (including phenoxy) is 2. The highest BCUT2D eigenvalue weighted by Crippen LogP contribution is 2.41. The van der Waals surface area contributed by atoms with Gasteiger partial charge in [-0.15, -0.1) is 11.8 Å². The number of carbonyl (C=O) groups excluding carboxylic acids is 3. The third-order valence-corrected chi connectivity index (χ3v) is 8.60. The monoisotopic (exact) mass is 595 g/mol. The van der Waals surface area contributed by atoms with Gasteiger partial charge in [-0.25, -0.2) is 9.78 Å². The Hall–Kier alpha value is -4.90. The molecule has 0 aliphatic carbocycles. The highest BCUT2D eigenvalue weighted by Gasteiger charge is 2.54. The van der Waals surface area contributed by atoms with Gasteiger partial charge in [0.15, 0.2) is 0 Å². The number of fused-ring (bicyclic) bond motifs is 1. The molecule has 0 bridgehead atoms. The third-order valence-electron chi connectivity index (χ3n) is 7.26. The number of aromatic nitrogens is 3. The van der Waals surface area contributed by atoms with Crippen LogP contribution in [0.25, 0.3) is 11.3 Å². The Balaban J connectivity index is 1.21. The fourth-order valence-corrected chi connectivity index (χ4v) is 6.40. The fraction of sp³-hybridized carbons (Fsp3) is 0.219. The lowest BCUT2D eigenvalue weighted by atomic mass is 10.0. The van der Waals surface area contributed by atoms with Gasteiger partial charge in [-0.3, -0.25) is 19.5 Å². The lowest BCUT2D eigenvalue weighted by molar-refractivity contribution is -0.153. The van der Waals surface area contributed by atoms with Gasteiger partial charge in [0.1, 0.15) is 29.5 Å². The summed E-state index contributed by atoms with van der Waals surface area (Å²) in [5.41, 5.74) is 4.22. The largest absolute Gasteiger partial charge is 0.497 e. The van der Waals surface area contributed by atoms with Crippen LogP contribution in [0.2, 0.25) is 0 Å². The van der Waals surface area contributed by atoms with Crippen LogP contribution in [-0.2, 0) is 38.7 Å². The van der Waals surface area contributed by atoms with E-state index in [0.29, 0.717) is 18.0 Å². The van der Waals surface area contributed by atoms with Crippen molar-refractivity contribution in [1.82, 2.24) is 24.8 Å². The van der Waals surface area contributed by atoms with Gasteiger partial charge in [0, 0.05) is 36.5 Å². The molecule has 4 aromatic rings. The second-order valence-electron chi connectivity index (χ2n) is 10.2. The van der Waals surface area contributed by atoms with Gasteiger partial charge in [0.2, 0.25) is 5.91 Å². The van der Waals surface area contributed by atoms with Crippen LogP contribution in [0, 0.1) is 0 Å². The number of amides is 2.